The third kappa shape index (κ3) is 5.58. The molecule has 13 heteroatoms. The van der Waals surface area contributed by atoms with E-state index < -0.39 is 59.6 Å². The van der Waals surface area contributed by atoms with Gasteiger partial charge in [0.05, 0.1) is 5.56 Å². The number of ether oxygens (including phenoxy) is 1. The van der Waals surface area contributed by atoms with Crippen molar-refractivity contribution in [3.8, 4) is 5.75 Å². The number of halogens is 6. The van der Waals surface area contributed by atoms with Gasteiger partial charge in [-0.3, -0.25) is 24.5 Å². The fraction of sp³-hybridized carbons (Fsp3) is 0.333. The molecule has 1 N–H and O–H groups in total. The van der Waals surface area contributed by atoms with Crippen LogP contribution in [0.3, 0.4) is 0 Å². The van der Waals surface area contributed by atoms with Gasteiger partial charge in [0, 0.05) is 30.0 Å². The van der Waals surface area contributed by atoms with Crippen molar-refractivity contribution in [1.29, 1.82) is 0 Å². The fourth-order valence-corrected chi connectivity index (χ4v) is 4.48. The summed E-state index contributed by atoms with van der Waals surface area (Å²) in [7, 11) is 0. The second-order valence-electron chi connectivity index (χ2n) is 8.58. The Hall–Kier alpha value is -3.54. The number of piperidine rings is 1. The van der Waals surface area contributed by atoms with E-state index in [1.54, 1.807) is 6.07 Å². The topological polar surface area (TPSA) is 92.8 Å². The number of hydrogen-bond donors (Lipinski definition) is 1. The summed E-state index contributed by atoms with van der Waals surface area (Å²) >= 11 is 5.61. The molecule has 0 radical (unpaired) electrons. The van der Waals surface area contributed by atoms with Crippen molar-refractivity contribution in [1.82, 2.24) is 10.2 Å². The summed E-state index contributed by atoms with van der Waals surface area (Å²) in [5.74, 6) is -8.63. The van der Waals surface area contributed by atoms with E-state index >= 15 is 0 Å². The average molecular weight is 545 g/mol. The molecule has 0 aliphatic carbocycles. The Morgan fingerprint density at radius 1 is 1.08 bits per heavy atom. The summed E-state index contributed by atoms with van der Waals surface area (Å²) in [5.41, 5.74) is -0.00691. The molecule has 2 aromatic rings. The predicted molar refractivity (Wildman–Crippen MR) is 118 cm³/mol. The highest BCUT2D eigenvalue weighted by Crippen LogP contribution is 2.40. The third-order valence-electron chi connectivity index (χ3n) is 6.09. The number of rotatable bonds is 7. The lowest BCUT2D eigenvalue weighted by Crippen LogP contribution is -2.52. The molecule has 1 saturated heterocycles. The molecule has 3 amide bonds. The van der Waals surface area contributed by atoms with Crippen molar-refractivity contribution < 1.29 is 45.9 Å². The highest BCUT2D eigenvalue weighted by molar-refractivity contribution is 6.30. The number of alkyl halides is 5. The van der Waals surface area contributed by atoms with Crippen LogP contribution in [-0.4, -0.2) is 40.8 Å². The number of aryl methyl sites for hydroxylation is 1. The standard InChI is InChI=1S/C24H18ClF5N2O5/c25-14-3-5-16(18(10-14)37-24(28,29)30)23(26,27)19(33)7-2-12-1-4-15-13(9-12)11-32(22(15)36)17-6-8-20(34)31-21(17)35/h1,3-5,9-10,17H,2,6-8,11H2,(H,31,34,35). The summed E-state index contributed by atoms with van der Waals surface area (Å²) < 4.78 is 71.4. The molecule has 2 heterocycles. The van der Waals surface area contributed by atoms with Crippen LogP contribution in [0.25, 0.3) is 0 Å². The summed E-state index contributed by atoms with van der Waals surface area (Å²) in [6.07, 6.45) is -5.92. The van der Waals surface area contributed by atoms with Crippen molar-refractivity contribution in [3.05, 3.63) is 63.7 Å². The van der Waals surface area contributed by atoms with Gasteiger partial charge < -0.3 is 9.64 Å². The molecule has 1 unspecified atom stereocenters. The zero-order valence-electron chi connectivity index (χ0n) is 18.8. The van der Waals surface area contributed by atoms with Gasteiger partial charge in [0.2, 0.25) is 17.6 Å². The second-order valence-corrected chi connectivity index (χ2v) is 9.01. The Balaban J connectivity index is 1.46. The first-order valence-corrected chi connectivity index (χ1v) is 11.4. The van der Waals surface area contributed by atoms with Crippen molar-refractivity contribution in [2.24, 2.45) is 0 Å². The van der Waals surface area contributed by atoms with Gasteiger partial charge in [-0.15, -0.1) is 13.2 Å². The minimum Gasteiger partial charge on any atom is -0.405 e. The number of amides is 3. The normalized spacial score (nSPS) is 18.1. The van der Waals surface area contributed by atoms with Gasteiger partial charge >= 0.3 is 12.3 Å². The van der Waals surface area contributed by atoms with E-state index in [0.29, 0.717) is 28.8 Å². The van der Waals surface area contributed by atoms with E-state index in [9.17, 15) is 41.1 Å². The van der Waals surface area contributed by atoms with Gasteiger partial charge in [0.15, 0.2) is 0 Å². The van der Waals surface area contributed by atoms with Crippen LogP contribution in [0.4, 0.5) is 22.0 Å². The zero-order valence-corrected chi connectivity index (χ0v) is 19.6. The molecule has 7 nitrogen and oxygen atoms in total. The number of hydrogen-bond acceptors (Lipinski definition) is 5. The number of nitrogens with one attached hydrogen (secondary N) is 1. The number of ketones is 1. The van der Waals surface area contributed by atoms with Gasteiger partial charge in [-0.2, -0.15) is 8.78 Å². The van der Waals surface area contributed by atoms with Crippen molar-refractivity contribution in [2.75, 3.05) is 0 Å². The van der Waals surface area contributed by atoms with Gasteiger partial charge in [0.1, 0.15) is 11.8 Å². The van der Waals surface area contributed by atoms with E-state index in [-0.39, 0.29) is 30.8 Å². The minimum absolute atomic E-state index is 0.0569. The molecule has 2 aromatic carbocycles. The smallest absolute Gasteiger partial charge is 0.405 e. The van der Waals surface area contributed by atoms with Crippen molar-refractivity contribution in [3.63, 3.8) is 0 Å². The number of carbonyl (C=O) groups is 4. The van der Waals surface area contributed by atoms with E-state index in [1.165, 1.54) is 17.0 Å². The molecule has 196 valence electrons. The number of fused-ring (bicyclic) bond motifs is 1. The molecular formula is C24H18ClF5N2O5. The van der Waals surface area contributed by atoms with Gasteiger partial charge in [-0.25, -0.2) is 0 Å². The van der Waals surface area contributed by atoms with Gasteiger partial charge in [-0.05, 0) is 48.2 Å². The average Bonchev–Trinajstić information content (AvgIpc) is 3.11. The van der Waals surface area contributed by atoms with Crippen molar-refractivity contribution >= 4 is 35.1 Å². The molecule has 0 bridgehead atoms. The fourth-order valence-electron chi connectivity index (χ4n) is 4.31. The SMILES string of the molecule is O=C1CCC(N2Cc3cc(CCC(=O)C(F)(F)c4ccc(Cl)cc4OC(F)(F)F)ccc3C2=O)C(=O)N1. The lowest BCUT2D eigenvalue weighted by molar-refractivity contribution is -0.275. The number of imide groups is 1. The predicted octanol–water partition coefficient (Wildman–Crippen LogP) is 4.29. The number of carbonyl (C=O) groups excluding carboxylic acids is 4. The Bertz CT molecular complexity index is 1300. The van der Waals surface area contributed by atoms with Crippen LogP contribution in [0.15, 0.2) is 36.4 Å². The molecule has 1 fully saturated rings. The molecule has 0 spiro atoms. The summed E-state index contributed by atoms with van der Waals surface area (Å²) in [6, 6.07) is 5.72. The van der Waals surface area contributed by atoms with E-state index in [0.717, 1.165) is 6.07 Å². The maximum Gasteiger partial charge on any atom is 0.573 e. The molecule has 4 rings (SSSR count). The molecule has 2 aliphatic rings. The quantitative estimate of drug-likeness (QED) is 0.415. The molecule has 1 atom stereocenters. The Kier molecular flexibility index (Phi) is 6.97. The first-order chi connectivity index (χ1) is 17.3. The van der Waals surface area contributed by atoms with Crippen LogP contribution >= 0.6 is 11.6 Å². The lowest BCUT2D eigenvalue weighted by atomic mass is 9.97. The summed E-state index contributed by atoms with van der Waals surface area (Å²) in [4.78, 5) is 50.0. The van der Waals surface area contributed by atoms with E-state index in [4.69, 9.17) is 11.6 Å². The van der Waals surface area contributed by atoms with Gasteiger partial charge in [-0.1, -0.05) is 23.7 Å². The Morgan fingerprint density at radius 2 is 1.81 bits per heavy atom. The van der Waals surface area contributed by atoms with Crippen molar-refractivity contribution in [2.45, 2.75) is 50.6 Å². The monoisotopic (exact) mass is 544 g/mol. The van der Waals surface area contributed by atoms with Crippen LogP contribution in [0.2, 0.25) is 5.02 Å². The molecular weight excluding hydrogens is 527 g/mol. The Labute approximate surface area is 211 Å². The molecule has 0 saturated carbocycles. The molecule has 37 heavy (non-hydrogen) atoms. The maximum atomic E-state index is 14.9. The van der Waals surface area contributed by atoms with Gasteiger partial charge in [0.25, 0.3) is 5.91 Å². The number of Topliss-reactive ketones (excluding diaryl/α,β-unsaturated/α-hetero) is 1. The summed E-state index contributed by atoms with van der Waals surface area (Å²) in [6.45, 7) is 0.0569. The number of benzene rings is 2. The molecule has 2 aliphatic heterocycles. The third-order valence-corrected chi connectivity index (χ3v) is 6.32. The Morgan fingerprint density at radius 3 is 2.49 bits per heavy atom. The van der Waals surface area contributed by atoms with Crippen LogP contribution in [-0.2, 0) is 33.3 Å². The largest absolute Gasteiger partial charge is 0.573 e. The minimum atomic E-state index is -5.28. The molecule has 0 aromatic heterocycles. The van der Waals surface area contributed by atoms with E-state index in [2.05, 4.69) is 10.1 Å². The van der Waals surface area contributed by atoms with Crippen LogP contribution < -0.4 is 10.1 Å². The van der Waals surface area contributed by atoms with Crippen LogP contribution in [0.5, 0.6) is 5.75 Å². The number of nitrogens with zero attached hydrogens (tertiary/aromatic N) is 1. The zero-order chi connectivity index (χ0) is 27.1. The second kappa shape index (κ2) is 9.73. The van der Waals surface area contributed by atoms with E-state index in [1.807, 2.05) is 0 Å². The first kappa shape index (κ1) is 26.5. The lowest BCUT2D eigenvalue weighted by Gasteiger charge is -2.29. The maximum absolute atomic E-state index is 14.9. The highest BCUT2D eigenvalue weighted by atomic mass is 35.5. The van der Waals surface area contributed by atoms with Crippen LogP contribution in [0.1, 0.15) is 46.3 Å². The van der Waals surface area contributed by atoms with Crippen LogP contribution in [0, 0.1) is 0 Å². The highest BCUT2D eigenvalue weighted by Gasteiger charge is 2.45. The first-order valence-electron chi connectivity index (χ1n) is 11.0. The summed E-state index contributed by atoms with van der Waals surface area (Å²) in [5, 5.41) is 1.90.